The molecule has 8 nitrogen and oxygen atoms in total. The fraction of sp³-hybridized carbons (Fsp3) is 0.556. The van der Waals surface area contributed by atoms with Crippen LogP contribution in [0.2, 0.25) is 0 Å². The lowest BCUT2D eigenvalue weighted by atomic mass is 10.0. The average molecular weight is 393 g/mol. The summed E-state index contributed by atoms with van der Waals surface area (Å²) in [5, 5.41) is 2.85. The number of ether oxygens (including phenoxy) is 1. The van der Waals surface area contributed by atoms with Crippen LogP contribution in [0, 0.1) is 5.92 Å². The van der Waals surface area contributed by atoms with Gasteiger partial charge in [-0.25, -0.2) is 8.42 Å². The number of sulfonamides is 1. The summed E-state index contributed by atoms with van der Waals surface area (Å²) in [5.74, 6) is -0.702. The summed E-state index contributed by atoms with van der Waals surface area (Å²) in [4.78, 5) is 25.9. The molecule has 1 aromatic carbocycles. The highest BCUT2D eigenvalue weighted by atomic mass is 32.2. The fourth-order valence-electron chi connectivity index (χ4n) is 4.00. The molecular formula is C18H23N3O5S. The smallest absolute Gasteiger partial charge is 0.243 e. The molecule has 1 aromatic rings. The topological polar surface area (TPSA) is 96.0 Å². The largest absolute Gasteiger partial charge is 0.378 e. The van der Waals surface area contributed by atoms with Crippen LogP contribution >= 0.6 is 0 Å². The lowest BCUT2D eigenvalue weighted by molar-refractivity contribution is -0.125. The Hall–Kier alpha value is -1.97. The highest BCUT2D eigenvalue weighted by Crippen LogP contribution is 2.31. The van der Waals surface area contributed by atoms with Crippen molar-refractivity contribution in [2.24, 2.45) is 5.92 Å². The van der Waals surface area contributed by atoms with Crippen LogP contribution in [0.1, 0.15) is 18.9 Å². The molecule has 2 fully saturated rings. The van der Waals surface area contributed by atoms with E-state index in [9.17, 15) is 18.0 Å². The molecule has 0 spiro atoms. The van der Waals surface area contributed by atoms with Gasteiger partial charge in [0.15, 0.2) is 0 Å². The van der Waals surface area contributed by atoms with Crippen LogP contribution in [0.15, 0.2) is 23.1 Å². The Balaban J connectivity index is 1.66. The van der Waals surface area contributed by atoms with Gasteiger partial charge in [-0.1, -0.05) is 0 Å². The zero-order valence-corrected chi connectivity index (χ0v) is 16.0. The zero-order valence-electron chi connectivity index (χ0n) is 15.2. The van der Waals surface area contributed by atoms with E-state index < -0.39 is 15.9 Å². The minimum Gasteiger partial charge on any atom is -0.378 e. The Morgan fingerprint density at radius 3 is 2.85 bits per heavy atom. The lowest BCUT2D eigenvalue weighted by Crippen LogP contribution is -2.44. The van der Waals surface area contributed by atoms with Gasteiger partial charge in [0, 0.05) is 32.2 Å². The third kappa shape index (κ3) is 3.35. The predicted octanol–water partition coefficient (Wildman–Crippen LogP) is 0.121. The summed E-state index contributed by atoms with van der Waals surface area (Å²) in [5.41, 5.74) is 1.65. The molecule has 2 atom stereocenters. The molecule has 27 heavy (non-hydrogen) atoms. The van der Waals surface area contributed by atoms with Gasteiger partial charge in [-0.05, 0) is 36.6 Å². The molecule has 0 aromatic heterocycles. The molecule has 3 aliphatic rings. The molecule has 3 heterocycles. The second-order valence-electron chi connectivity index (χ2n) is 7.33. The van der Waals surface area contributed by atoms with Crippen molar-refractivity contribution in [2.45, 2.75) is 30.7 Å². The van der Waals surface area contributed by atoms with Gasteiger partial charge in [0.25, 0.3) is 0 Å². The maximum absolute atomic E-state index is 13.2. The third-order valence-corrected chi connectivity index (χ3v) is 7.22. The summed E-state index contributed by atoms with van der Waals surface area (Å²) in [7, 11) is -3.74. The quantitative estimate of drug-likeness (QED) is 0.770. The first kappa shape index (κ1) is 18.4. The SMILES string of the molecule is CC(=O)N1CCCc2cc(S(=O)(=O)N3C[C@H]4COC[C@@H](C3)C(=O)N4)ccc21. The highest BCUT2D eigenvalue weighted by Gasteiger charge is 2.38. The van der Waals surface area contributed by atoms with E-state index in [2.05, 4.69) is 5.32 Å². The van der Waals surface area contributed by atoms with Crippen molar-refractivity contribution < 1.29 is 22.7 Å². The number of nitrogens with zero attached hydrogens (tertiary/aromatic N) is 2. The number of aryl methyl sites for hydroxylation is 1. The summed E-state index contributed by atoms with van der Waals surface area (Å²) >= 11 is 0. The minimum atomic E-state index is -3.74. The number of fused-ring (bicyclic) bond motifs is 4. The van der Waals surface area contributed by atoms with Crippen LogP contribution in [0.4, 0.5) is 5.69 Å². The first-order valence-corrected chi connectivity index (χ1v) is 10.6. The maximum Gasteiger partial charge on any atom is 0.243 e. The van der Waals surface area contributed by atoms with Gasteiger partial charge >= 0.3 is 0 Å². The third-order valence-electron chi connectivity index (χ3n) is 5.39. The number of amides is 2. The van der Waals surface area contributed by atoms with Crippen molar-refractivity contribution in [3.8, 4) is 0 Å². The van der Waals surface area contributed by atoms with Crippen LogP contribution in [-0.4, -0.2) is 63.4 Å². The number of benzene rings is 1. The average Bonchev–Trinajstić information content (AvgIpc) is 2.89. The van der Waals surface area contributed by atoms with Gasteiger partial charge in [0.1, 0.15) is 0 Å². The zero-order chi connectivity index (χ0) is 19.2. The van der Waals surface area contributed by atoms with Crippen LogP contribution in [0.25, 0.3) is 0 Å². The monoisotopic (exact) mass is 393 g/mol. The predicted molar refractivity (Wildman–Crippen MR) is 97.8 cm³/mol. The molecule has 4 rings (SSSR count). The molecule has 3 aliphatic heterocycles. The summed E-state index contributed by atoms with van der Waals surface area (Å²) in [6.45, 7) is 3.01. The first-order valence-electron chi connectivity index (χ1n) is 9.15. The molecule has 0 aliphatic carbocycles. The van der Waals surface area contributed by atoms with E-state index in [0.29, 0.717) is 13.2 Å². The number of hydrogen-bond donors (Lipinski definition) is 1. The van der Waals surface area contributed by atoms with Crippen molar-refractivity contribution in [1.29, 1.82) is 0 Å². The van der Waals surface area contributed by atoms with Crippen LogP contribution in [0.5, 0.6) is 0 Å². The number of carbonyl (C=O) groups excluding carboxylic acids is 2. The van der Waals surface area contributed by atoms with E-state index in [0.717, 1.165) is 24.1 Å². The first-order chi connectivity index (χ1) is 12.9. The second-order valence-corrected chi connectivity index (χ2v) is 9.26. The molecule has 1 N–H and O–H groups in total. The Labute approximate surface area is 158 Å². The highest BCUT2D eigenvalue weighted by molar-refractivity contribution is 7.89. The molecule has 2 bridgehead atoms. The molecule has 0 radical (unpaired) electrons. The molecule has 146 valence electrons. The summed E-state index contributed by atoms with van der Waals surface area (Å²) in [6.07, 6.45) is 1.54. The van der Waals surface area contributed by atoms with Gasteiger partial charge in [0.05, 0.1) is 30.1 Å². The van der Waals surface area contributed by atoms with Gasteiger partial charge in [-0.3, -0.25) is 9.59 Å². The summed E-state index contributed by atoms with van der Waals surface area (Å²) < 4.78 is 33.3. The minimum absolute atomic E-state index is 0.0449. The van der Waals surface area contributed by atoms with E-state index >= 15 is 0 Å². The standard InChI is InChI=1S/C18H23N3O5S/c1-12(22)21-6-2-3-13-7-16(4-5-17(13)21)27(24,25)20-8-14-10-26-11-15(9-20)19-18(14)23/h4-5,7,14-15H,2-3,6,8-11H2,1H3,(H,19,23)/t14-,15+/m1/s1. The number of anilines is 1. The summed E-state index contributed by atoms with van der Waals surface area (Å²) in [6, 6.07) is 4.60. The number of rotatable bonds is 2. The fourth-order valence-corrected chi connectivity index (χ4v) is 5.58. The van der Waals surface area contributed by atoms with Gasteiger partial charge < -0.3 is 15.0 Å². The molecule has 2 saturated heterocycles. The van der Waals surface area contributed by atoms with Gasteiger partial charge in [-0.15, -0.1) is 0 Å². The Kier molecular flexibility index (Phi) is 4.69. The normalized spacial score (nSPS) is 26.1. The van der Waals surface area contributed by atoms with E-state index in [1.165, 1.54) is 11.2 Å². The number of hydrogen-bond acceptors (Lipinski definition) is 5. The molecule has 0 unspecified atom stereocenters. The molecule has 2 amide bonds. The molecular weight excluding hydrogens is 370 g/mol. The molecule has 0 saturated carbocycles. The van der Waals surface area contributed by atoms with E-state index in [-0.39, 0.29) is 42.4 Å². The number of carbonyl (C=O) groups is 2. The van der Waals surface area contributed by atoms with Crippen molar-refractivity contribution >= 4 is 27.5 Å². The number of nitrogens with one attached hydrogen (secondary N) is 1. The Morgan fingerprint density at radius 2 is 2.07 bits per heavy atom. The second kappa shape index (κ2) is 6.88. The van der Waals surface area contributed by atoms with Gasteiger partial charge in [0.2, 0.25) is 21.8 Å². The van der Waals surface area contributed by atoms with E-state index in [4.69, 9.17) is 4.74 Å². The Morgan fingerprint density at radius 1 is 1.26 bits per heavy atom. The lowest BCUT2D eigenvalue weighted by Gasteiger charge is -2.30. The van der Waals surface area contributed by atoms with Crippen LogP contribution in [0.3, 0.4) is 0 Å². The van der Waals surface area contributed by atoms with E-state index in [1.807, 2.05) is 0 Å². The molecule has 9 heteroatoms. The van der Waals surface area contributed by atoms with Crippen molar-refractivity contribution in [2.75, 3.05) is 37.7 Å². The van der Waals surface area contributed by atoms with Gasteiger partial charge in [-0.2, -0.15) is 4.31 Å². The van der Waals surface area contributed by atoms with Crippen LogP contribution < -0.4 is 10.2 Å². The van der Waals surface area contributed by atoms with Crippen LogP contribution in [-0.2, 0) is 30.8 Å². The van der Waals surface area contributed by atoms with E-state index in [1.54, 1.807) is 23.1 Å². The van der Waals surface area contributed by atoms with Crippen molar-refractivity contribution in [3.63, 3.8) is 0 Å². The maximum atomic E-state index is 13.2. The van der Waals surface area contributed by atoms with Crippen molar-refractivity contribution in [1.82, 2.24) is 9.62 Å². The van der Waals surface area contributed by atoms with Crippen molar-refractivity contribution in [3.05, 3.63) is 23.8 Å². The Bertz CT molecular complexity index is 885.